The Morgan fingerprint density at radius 1 is 1.13 bits per heavy atom. The molecule has 0 radical (unpaired) electrons. The lowest BCUT2D eigenvalue weighted by molar-refractivity contribution is 0.571. The smallest absolute Gasteiger partial charge is 0.131 e. The van der Waals surface area contributed by atoms with Gasteiger partial charge in [-0.2, -0.15) is 0 Å². The molecular weight excluding hydrogens is 184 g/mol. The van der Waals surface area contributed by atoms with Crippen LogP contribution in [-0.2, 0) is 5.41 Å². The van der Waals surface area contributed by atoms with Crippen molar-refractivity contribution in [1.29, 1.82) is 0 Å². The summed E-state index contributed by atoms with van der Waals surface area (Å²) in [5.41, 5.74) is 7.02. The van der Waals surface area contributed by atoms with Gasteiger partial charge in [0, 0.05) is 16.5 Å². The first-order chi connectivity index (χ1) is 6.98. The summed E-state index contributed by atoms with van der Waals surface area (Å²) in [5, 5.41) is 2.19. The summed E-state index contributed by atoms with van der Waals surface area (Å²) in [6.45, 7) is 6.43. The molecule has 2 rings (SSSR count). The zero-order valence-corrected chi connectivity index (χ0v) is 9.41. The summed E-state index contributed by atoms with van der Waals surface area (Å²) in [5.74, 6) is 0.623. The molecule has 0 saturated carbocycles. The van der Waals surface area contributed by atoms with Gasteiger partial charge < -0.3 is 5.73 Å². The van der Waals surface area contributed by atoms with E-state index in [2.05, 4.69) is 37.9 Å². The Kier molecular flexibility index (Phi) is 2.14. The van der Waals surface area contributed by atoms with Gasteiger partial charge in [-0.15, -0.1) is 0 Å². The molecule has 0 aliphatic carbocycles. The molecule has 0 spiro atoms. The van der Waals surface area contributed by atoms with Crippen molar-refractivity contribution >= 4 is 16.6 Å². The molecule has 1 aromatic heterocycles. The minimum absolute atomic E-state index is 0.0398. The van der Waals surface area contributed by atoms with Crippen molar-refractivity contribution in [2.24, 2.45) is 0 Å². The zero-order valence-electron chi connectivity index (χ0n) is 9.41. The second kappa shape index (κ2) is 3.23. The number of nitrogens with zero attached hydrogens (tertiary/aromatic N) is 1. The molecule has 0 unspecified atom stereocenters. The fraction of sp³-hybridized carbons (Fsp3) is 0.308. The number of nitrogen functional groups attached to an aromatic ring is 1. The van der Waals surface area contributed by atoms with E-state index in [-0.39, 0.29) is 5.41 Å². The largest absolute Gasteiger partial charge is 0.383 e. The molecule has 2 heteroatoms. The fourth-order valence-corrected chi connectivity index (χ4v) is 1.61. The lowest BCUT2D eigenvalue weighted by Crippen LogP contribution is -2.14. The average molecular weight is 200 g/mol. The van der Waals surface area contributed by atoms with Crippen LogP contribution in [0.4, 0.5) is 5.82 Å². The first kappa shape index (κ1) is 9.97. The van der Waals surface area contributed by atoms with Gasteiger partial charge in [0.05, 0.1) is 0 Å². The Morgan fingerprint density at radius 2 is 1.80 bits per heavy atom. The number of hydrogen-bond donors (Lipinski definition) is 1. The minimum Gasteiger partial charge on any atom is -0.383 e. The number of pyridine rings is 1. The highest BCUT2D eigenvalue weighted by atomic mass is 14.9. The molecule has 0 aliphatic heterocycles. The normalized spacial score (nSPS) is 11.9. The van der Waals surface area contributed by atoms with Crippen LogP contribution < -0.4 is 5.73 Å². The first-order valence-corrected chi connectivity index (χ1v) is 5.14. The summed E-state index contributed by atoms with van der Waals surface area (Å²) < 4.78 is 0. The highest BCUT2D eigenvalue weighted by molar-refractivity contribution is 5.91. The van der Waals surface area contributed by atoms with Crippen LogP contribution in [0.3, 0.4) is 0 Å². The van der Waals surface area contributed by atoms with Crippen molar-refractivity contribution in [3.63, 3.8) is 0 Å². The zero-order chi connectivity index (χ0) is 11.1. The van der Waals surface area contributed by atoms with Gasteiger partial charge in [-0.05, 0) is 11.5 Å². The summed E-state index contributed by atoms with van der Waals surface area (Å²) in [4.78, 5) is 4.45. The monoisotopic (exact) mass is 200 g/mol. The number of hydrogen-bond acceptors (Lipinski definition) is 2. The Balaban J connectivity index is 2.73. The molecule has 1 heterocycles. The summed E-state index contributed by atoms with van der Waals surface area (Å²) >= 11 is 0. The summed E-state index contributed by atoms with van der Waals surface area (Å²) in [6, 6.07) is 10.2. The SMILES string of the molecule is CC(C)(C)c1cc2ccccc2c(N)n1. The maximum absolute atomic E-state index is 5.94. The van der Waals surface area contributed by atoms with E-state index in [0.29, 0.717) is 5.82 Å². The van der Waals surface area contributed by atoms with Gasteiger partial charge in [-0.3, -0.25) is 0 Å². The van der Waals surface area contributed by atoms with E-state index < -0.39 is 0 Å². The van der Waals surface area contributed by atoms with Crippen LogP contribution in [0.15, 0.2) is 30.3 Å². The van der Waals surface area contributed by atoms with Gasteiger partial charge in [0.1, 0.15) is 5.82 Å². The lowest BCUT2D eigenvalue weighted by Gasteiger charge is -2.18. The molecule has 0 saturated heterocycles. The Hall–Kier alpha value is -1.57. The molecule has 1 aromatic carbocycles. The Morgan fingerprint density at radius 3 is 2.47 bits per heavy atom. The molecule has 0 aliphatic rings. The van der Waals surface area contributed by atoms with Crippen molar-refractivity contribution in [2.75, 3.05) is 5.73 Å². The second-order valence-corrected chi connectivity index (χ2v) is 4.86. The summed E-state index contributed by atoms with van der Waals surface area (Å²) in [7, 11) is 0. The standard InChI is InChI=1S/C13H16N2/c1-13(2,3)11-8-9-6-4-5-7-10(9)12(14)15-11/h4-8H,1-3H3,(H2,14,15). The van der Waals surface area contributed by atoms with Crippen molar-refractivity contribution in [1.82, 2.24) is 4.98 Å². The third-order valence-electron chi connectivity index (χ3n) is 2.54. The topological polar surface area (TPSA) is 38.9 Å². The summed E-state index contributed by atoms with van der Waals surface area (Å²) in [6.07, 6.45) is 0. The average Bonchev–Trinajstić information content (AvgIpc) is 2.16. The third-order valence-corrected chi connectivity index (χ3v) is 2.54. The van der Waals surface area contributed by atoms with Gasteiger partial charge in [0.2, 0.25) is 0 Å². The maximum Gasteiger partial charge on any atom is 0.131 e. The number of nitrogens with two attached hydrogens (primary N) is 1. The van der Waals surface area contributed by atoms with Crippen LogP contribution in [0.2, 0.25) is 0 Å². The van der Waals surface area contributed by atoms with Crippen LogP contribution in [0.5, 0.6) is 0 Å². The second-order valence-electron chi connectivity index (χ2n) is 4.86. The first-order valence-electron chi connectivity index (χ1n) is 5.14. The van der Waals surface area contributed by atoms with E-state index in [1.807, 2.05) is 18.2 Å². The molecule has 0 amide bonds. The number of benzene rings is 1. The van der Waals surface area contributed by atoms with Crippen LogP contribution in [0.1, 0.15) is 26.5 Å². The van der Waals surface area contributed by atoms with Gasteiger partial charge in [-0.1, -0.05) is 45.0 Å². The quantitative estimate of drug-likeness (QED) is 0.709. The Bertz CT molecular complexity index is 495. The maximum atomic E-state index is 5.94. The number of aromatic nitrogens is 1. The number of rotatable bonds is 0. The molecule has 2 nitrogen and oxygen atoms in total. The molecule has 2 aromatic rings. The van der Waals surface area contributed by atoms with Gasteiger partial charge in [0.25, 0.3) is 0 Å². The number of fused-ring (bicyclic) bond motifs is 1. The van der Waals surface area contributed by atoms with E-state index in [0.717, 1.165) is 16.5 Å². The van der Waals surface area contributed by atoms with E-state index in [1.54, 1.807) is 0 Å². The van der Waals surface area contributed by atoms with E-state index in [9.17, 15) is 0 Å². The highest BCUT2D eigenvalue weighted by Crippen LogP contribution is 2.26. The van der Waals surface area contributed by atoms with Crippen LogP contribution >= 0.6 is 0 Å². The predicted molar refractivity (Wildman–Crippen MR) is 64.9 cm³/mol. The van der Waals surface area contributed by atoms with Crippen molar-refractivity contribution < 1.29 is 0 Å². The third kappa shape index (κ3) is 1.80. The molecular formula is C13H16N2. The Labute approximate surface area is 90.1 Å². The molecule has 78 valence electrons. The van der Waals surface area contributed by atoms with E-state index in [4.69, 9.17) is 5.73 Å². The van der Waals surface area contributed by atoms with Gasteiger partial charge in [-0.25, -0.2) is 4.98 Å². The molecule has 2 N–H and O–H groups in total. The number of anilines is 1. The van der Waals surface area contributed by atoms with Crippen molar-refractivity contribution in [3.8, 4) is 0 Å². The minimum atomic E-state index is 0.0398. The van der Waals surface area contributed by atoms with Crippen LogP contribution in [0.25, 0.3) is 10.8 Å². The predicted octanol–water partition coefficient (Wildman–Crippen LogP) is 3.11. The van der Waals surface area contributed by atoms with E-state index in [1.165, 1.54) is 0 Å². The highest BCUT2D eigenvalue weighted by Gasteiger charge is 2.16. The van der Waals surface area contributed by atoms with Crippen molar-refractivity contribution in [2.45, 2.75) is 26.2 Å². The lowest BCUT2D eigenvalue weighted by atomic mass is 9.90. The van der Waals surface area contributed by atoms with Crippen LogP contribution in [-0.4, -0.2) is 4.98 Å². The van der Waals surface area contributed by atoms with E-state index >= 15 is 0 Å². The van der Waals surface area contributed by atoms with Gasteiger partial charge in [0.15, 0.2) is 0 Å². The van der Waals surface area contributed by atoms with Crippen molar-refractivity contribution in [3.05, 3.63) is 36.0 Å². The molecule has 15 heavy (non-hydrogen) atoms. The van der Waals surface area contributed by atoms with Crippen LogP contribution in [0, 0.1) is 0 Å². The van der Waals surface area contributed by atoms with Gasteiger partial charge >= 0.3 is 0 Å². The fourth-order valence-electron chi connectivity index (χ4n) is 1.61. The molecule has 0 bridgehead atoms. The molecule has 0 atom stereocenters. The molecule has 0 fully saturated rings.